The molecule has 0 fully saturated rings. The first-order valence-corrected chi connectivity index (χ1v) is 7.49. The number of furan rings is 1. The van der Waals surface area contributed by atoms with Gasteiger partial charge < -0.3 is 10.2 Å². The third-order valence-electron chi connectivity index (χ3n) is 2.65. The molecule has 0 spiro atoms. The SMILES string of the molecule is NCc1cc(S(=O)(=O)NCc2ccoc2)cc(F)c1Cl. The average Bonchev–Trinajstić information content (AvgIpc) is 2.92. The van der Waals surface area contributed by atoms with E-state index in [1.165, 1.54) is 18.6 Å². The van der Waals surface area contributed by atoms with E-state index in [9.17, 15) is 12.8 Å². The fraction of sp³-hybridized carbons (Fsp3) is 0.167. The first-order valence-electron chi connectivity index (χ1n) is 5.63. The second-order valence-electron chi connectivity index (χ2n) is 4.04. The molecule has 0 saturated carbocycles. The summed E-state index contributed by atoms with van der Waals surface area (Å²) in [5.41, 5.74) is 6.29. The minimum absolute atomic E-state index is 0.0427. The van der Waals surface area contributed by atoms with Crippen LogP contribution in [0.5, 0.6) is 0 Å². The fourth-order valence-electron chi connectivity index (χ4n) is 1.58. The lowest BCUT2D eigenvalue weighted by Gasteiger charge is -2.09. The number of nitrogens with one attached hydrogen (secondary N) is 1. The van der Waals surface area contributed by atoms with Crippen molar-refractivity contribution in [2.24, 2.45) is 5.73 Å². The van der Waals surface area contributed by atoms with Gasteiger partial charge in [0.1, 0.15) is 5.82 Å². The predicted molar refractivity (Wildman–Crippen MR) is 72.0 cm³/mol. The molecule has 20 heavy (non-hydrogen) atoms. The second kappa shape index (κ2) is 5.92. The molecule has 0 atom stereocenters. The Balaban J connectivity index is 2.27. The van der Waals surface area contributed by atoms with Crippen LogP contribution in [0.25, 0.3) is 0 Å². The minimum atomic E-state index is -3.85. The summed E-state index contributed by atoms with van der Waals surface area (Å²) in [6.07, 6.45) is 2.84. The van der Waals surface area contributed by atoms with Crippen molar-refractivity contribution in [2.75, 3.05) is 0 Å². The van der Waals surface area contributed by atoms with E-state index in [1.54, 1.807) is 6.07 Å². The van der Waals surface area contributed by atoms with Crippen molar-refractivity contribution in [3.05, 3.63) is 52.7 Å². The van der Waals surface area contributed by atoms with Gasteiger partial charge in [-0.25, -0.2) is 17.5 Å². The number of rotatable bonds is 5. The van der Waals surface area contributed by atoms with Gasteiger partial charge in [-0.05, 0) is 23.8 Å². The molecule has 0 radical (unpaired) electrons. The molecule has 2 aromatic rings. The van der Waals surface area contributed by atoms with Gasteiger partial charge in [0.15, 0.2) is 0 Å². The number of halogens is 2. The molecule has 3 N–H and O–H groups in total. The molecule has 1 aromatic carbocycles. The summed E-state index contributed by atoms with van der Waals surface area (Å²) in [6.45, 7) is -0.0120. The van der Waals surface area contributed by atoms with E-state index in [-0.39, 0.29) is 28.6 Å². The first-order chi connectivity index (χ1) is 9.44. The third-order valence-corrected chi connectivity index (χ3v) is 4.46. The smallest absolute Gasteiger partial charge is 0.240 e. The zero-order valence-corrected chi connectivity index (χ0v) is 11.8. The second-order valence-corrected chi connectivity index (χ2v) is 6.18. The van der Waals surface area contributed by atoms with Gasteiger partial charge in [0.2, 0.25) is 10.0 Å². The molecule has 5 nitrogen and oxygen atoms in total. The summed E-state index contributed by atoms with van der Waals surface area (Å²) >= 11 is 5.69. The quantitative estimate of drug-likeness (QED) is 0.883. The first kappa shape index (κ1) is 15.0. The molecule has 1 heterocycles. The van der Waals surface area contributed by atoms with E-state index in [1.807, 2.05) is 0 Å². The molecule has 0 bridgehead atoms. The van der Waals surface area contributed by atoms with E-state index >= 15 is 0 Å². The Kier molecular flexibility index (Phi) is 4.44. The van der Waals surface area contributed by atoms with Crippen LogP contribution < -0.4 is 10.5 Å². The number of hydrogen-bond acceptors (Lipinski definition) is 4. The van der Waals surface area contributed by atoms with Crippen molar-refractivity contribution in [1.82, 2.24) is 4.72 Å². The lowest BCUT2D eigenvalue weighted by atomic mass is 10.2. The maximum Gasteiger partial charge on any atom is 0.240 e. The molecule has 0 aliphatic carbocycles. The number of benzene rings is 1. The summed E-state index contributed by atoms with van der Waals surface area (Å²) in [5.74, 6) is -0.821. The highest BCUT2D eigenvalue weighted by Crippen LogP contribution is 2.24. The van der Waals surface area contributed by atoms with Crippen LogP contribution >= 0.6 is 11.6 Å². The van der Waals surface area contributed by atoms with Gasteiger partial charge in [-0.1, -0.05) is 11.6 Å². The fourth-order valence-corrected chi connectivity index (χ4v) is 2.84. The molecule has 2 rings (SSSR count). The van der Waals surface area contributed by atoms with Gasteiger partial charge in [-0.3, -0.25) is 0 Å². The summed E-state index contributed by atoms with van der Waals surface area (Å²) in [4.78, 5) is -0.219. The monoisotopic (exact) mass is 318 g/mol. The van der Waals surface area contributed by atoms with Gasteiger partial charge in [0.05, 0.1) is 22.4 Å². The van der Waals surface area contributed by atoms with Gasteiger partial charge in [0, 0.05) is 18.7 Å². The van der Waals surface area contributed by atoms with Crippen molar-refractivity contribution in [2.45, 2.75) is 18.0 Å². The largest absolute Gasteiger partial charge is 0.472 e. The van der Waals surface area contributed by atoms with Crippen LogP contribution in [0.4, 0.5) is 4.39 Å². The number of nitrogens with two attached hydrogens (primary N) is 1. The van der Waals surface area contributed by atoms with E-state index in [4.69, 9.17) is 21.8 Å². The normalized spacial score (nSPS) is 11.8. The van der Waals surface area contributed by atoms with Gasteiger partial charge in [0.25, 0.3) is 0 Å². The van der Waals surface area contributed by atoms with E-state index in [0.717, 1.165) is 6.07 Å². The van der Waals surface area contributed by atoms with Crippen molar-refractivity contribution in [3.8, 4) is 0 Å². The summed E-state index contributed by atoms with van der Waals surface area (Å²) in [7, 11) is -3.85. The highest BCUT2D eigenvalue weighted by Gasteiger charge is 2.18. The lowest BCUT2D eigenvalue weighted by molar-refractivity contribution is 0.560. The Morgan fingerprint density at radius 2 is 2.15 bits per heavy atom. The predicted octanol–water partition coefficient (Wildman–Crippen LogP) is 2.01. The van der Waals surface area contributed by atoms with Crippen molar-refractivity contribution >= 4 is 21.6 Å². The Labute approximate surface area is 120 Å². The molecule has 8 heteroatoms. The molecular weight excluding hydrogens is 307 g/mol. The molecule has 0 amide bonds. The highest BCUT2D eigenvalue weighted by atomic mass is 35.5. The molecule has 0 aliphatic rings. The van der Waals surface area contributed by atoms with Crippen LogP contribution in [0, 0.1) is 5.82 Å². The molecule has 0 aliphatic heterocycles. The van der Waals surface area contributed by atoms with Gasteiger partial charge in [-0.15, -0.1) is 0 Å². The van der Waals surface area contributed by atoms with Gasteiger partial charge in [-0.2, -0.15) is 0 Å². The topological polar surface area (TPSA) is 85.3 Å². The van der Waals surface area contributed by atoms with E-state index in [2.05, 4.69) is 4.72 Å². The van der Waals surface area contributed by atoms with Crippen LogP contribution in [0.15, 0.2) is 40.0 Å². The minimum Gasteiger partial charge on any atom is -0.472 e. The van der Waals surface area contributed by atoms with Gasteiger partial charge >= 0.3 is 0 Å². The standard InChI is InChI=1S/C12H12ClFN2O3S/c13-12-9(5-15)3-10(4-11(12)14)20(17,18)16-6-8-1-2-19-7-8/h1-4,7,16H,5-6,15H2. The zero-order valence-electron chi connectivity index (χ0n) is 10.3. The highest BCUT2D eigenvalue weighted by molar-refractivity contribution is 7.89. The molecule has 108 valence electrons. The van der Waals surface area contributed by atoms with Crippen LogP contribution in [0.3, 0.4) is 0 Å². The maximum absolute atomic E-state index is 13.6. The van der Waals surface area contributed by atoms with E-state index < -0.39 is 15.8 Å². The zero-order chi connectivity index (χ0) is 14.8. The average molecular weight is 319 g/mol. The Morgan fingerprint density at radius 3 is 2.75 bits per heavy atom. The lowest BCUT2D eigenvalue weighted by Crippen LogP contribution is -2.23. The summed E-state index contributed by atoms with van der Waals surface area (Å²) < 4.78 is 44.9. The van der Waals surface area contributed by atoms with E-state index in [0.29, 0.717) is 5.56 Å². The molecular formula is C12H12ClFN2O3S. The third kappa shape index (κ3) is 3.18. The maximum atomic E-state index is 13.6. The van der Waals surface area contributed by atoms with Crippen LogP contribution in [0.2, 0.25) is 5.02 Å². The molecule has 1 aromatic heterocycles. The summed E-state index contributed by atoms with van der Waals surface area (Å²) in [5, 5.41) is -0.165. The Hall–Kier alpha value is -1.41. The van der Waals surface area contributed by atoms with Crippen molar-refractivity contribution in [1.29, 1.82) is 0 Å². The van der Waals surface area contributed by atoms with Crippen molar-refractivity contribution in [3.63, 3.8) is 0 Å². The van der Waals surface area contributed by atoms with Crippen molar-refractivity contribution < 1.29 is 17.2 Å². The number of sulfonamides is 1. The molecule has 0 unspecified atom stereocenters. The van der Waals surface area contributed by atoms with Crippen LogP contribution in [-0.4, -0.2) is 8.42 Å². The Bertz CT molecular complexity index is 702. The molecule has 0 saturated heterocycles. The number of hydrogen-bond donors (Lipinski definition) is 2. The van der Waals surface area contributed by atoms with Crippen LogP contribution in [-0.2, 0) is 23.1 Å². The Morgan fingerprint density at radius 1 is 1.40 bits per heavy atom. The summed E-state index contributed by atoms with van der Waals surface area (Å²) in [6, 6.07) is 3.73. The van der Waals surface area contributed by atoms with Crippen LogP contribution in [0.1, 0.15) is 11.1 Å².